The number of hydrogen-bond acceptors (Lipinski definition) is 4. The van der Waals surface area contributed by atoms with Crippen molar-refractivity contribution in [1.29, 1.82) is 0 Å². The maximum absolute atomic E-state index is 12.1. The number of anilines is 1. The highest BCUT2D eigenvalue weighted by Crippen LogP contribution is 2.20. The van der Waals surface area contributed by atoms with E-state index in [1.165, 1.54) is 0 Å². The first-order chi connectivity index (χ1) is 11.1. The first-order valence-corrected chi connectivity index (χ1v) is 8.07. The van der Waals surface area contributed by atoms with Crippen LogP contribution in [0.25, 0.3) is 0 Å². The van der Waals surface area contributed by atoms with Crippen LogP contribution in [0, 0.1) is 0 Å². The summed E-state index contributed by atoms with van der Waals surface area (Å²) < 4.78 is 0. The molecule has 7 nitrogen and oxygen atoms in total. The van der Waals surface area contributed by atoms with Gasteiger partial charge in [0.25, 0.3) is 0 Å². The number of carbonyl (C=O) groups is 2. The number of piperidine rings is 1. The number of aromatic nitrogens is 1. The van der Waals surface area contributed by atoms with Gasteiger partial charge in [-0.3, -0.25) is 14.7 Å². The van der Waals surface area contributed by atoms with Crippen molar-refractivity contribution in [3.63, 3.8) is 0 Å². The summed E-state index contributed by atoms with van der Waals surface area (Å²) in [5.41, 5.74) is 0.769. The van der Waals surface area contributed by atoms with Crippen LogP contribution >= 0.6 is 0 Å². The van der Waals surface area contributed by atoms with Crippen LogP contribution in [0.5, 0.6) is 0 Å². The van der Waals surface area contributed by atoms with Gasteiger partial charge in [-0.05, 0) is 25.0 Å². The second-order valence-electron chi connectivity index (χ2n) is 6.19. The molecule has 23 heavy (non-hydrogen) atoms. The number of nitrogens with zero attached hydrogens (tertiary/aromatic N) is 4. The van der Waals surface area contributed by atoms with Gasteiger partial charge in [0.15, 0.2) is 0 Å². The van der Waals surface area contributed by atoms with Crippen molar-refractivity contribution in [2.45, 2.75) is 18.9 Å². The van der Waals surface area contributed by atoms with Crippen LogP contribution < -0.4 is 5.32 Å². The van der Waals surface area contributed by atoms with E-state index in [0.29, 0.717) is 12.6 Å². The van der Waals surface area contributed by atoms with E-state index in [1.807, 2.05) is 11.9 Å². The third-order valence-electron chi connectivity index (χ3n) is 4.58. The van der Waals surface area contributed by atoms with Crippen molar-refractivity contribution in [2.75, 3.05) is 45.1 Å². The molecule has 0 unspecified atom stereocenters. The Morgan fingerprint density at radius 2 is 1.91 bits per heavy atom. The molecule has 2 aliphatic rings. The molecule has 124 valence electrons. The number of pyridine rings is 1. The molecule has 0 radical (unpaired) electrons. The van der Waals surface area contributed by atoms with Gasteiger partial charge < -0.3 is 15.1 Å². The van der Waals surface area contributed by atoms with Crippen LogP contribution in [0.2, 0.25) is 0 Å². The third-order valence-corrected chi connectivity index (χ3v) is 4.58. The zero-order chi connectivity index (χ0) is 16.2. The molecule has 2 saturated heterocycles. The highest BCUT2D eigenvalue weighted by Gasteiger charge is 2.33. The number of hydrogen-bond donors (Lipinski definition) is 1. The fourth-order valence-electron chi connectivity index (χ4n) is 3.24. The Balaban J connectivity index is 1.44. The summed E-state index contributed by atoms with van der Waals surface area (Å²) in [4.78, 5) is 33.9. The molecule has 1 aromatic rings. The maximum Gasteiger partial charge on any atom is 0.320 e. The van der Waals surface area contributed by atoms with E-state index in [-0.39, 0.29) is 11.9 Å². The van der Waals surface area contributed by atoms with Gasteiger partial charge >= 0.3 is 6.03 Å². The second kappa shape index (κ2) is 6.95. The zero-order valence-electron chi connectivity index (χ0n) is 13.4. The molecule has 1 N–H and O–H groups in total. The van der Waals surface area contributed by atoms with Crippen molar-refractivity contribution in [3.05, 3.63) is 24.5 Å². The minimum Gasteiger partial charge on any atom is -0.326 e. The van der Waals surface area contributed by atoms with Crippen LogP contribution in [0.4, 0.5) is 10.5 Å². The van der Waals surface area contributed by atoms with Gasteiger partial charge in [0.1, 0.15) is 0 Å². The number of rotatable bonds is 4. The fraction of sp³-hybridized carbons (Fsp3) is 0.562. The molecular formula is C16H23N5O2. The minimum absolute atomic E-state index is 0.00775. The van der Waals surface area contributed by atoms with Gasteiger partial charge in [-0.1, -0.05) is 0 Å². The smallest absolute Gasteiger partial charge is 0.320 e. The van der Waals surface area contributed by atoms with E-state index in [1.54, 1.807) is 29.4 Å². The average Bonchev–Trinajstić information content (AvgIpc) is 2.89. The summed E-state index contributed by atoms with van der Waals surface area (Å²) in [5, 5.41) is 2.88. The average molecular weight is 317 g/mol. The predicted molar refractivity (Wildman–Crippen MR) is 87.1 cm³/mol. The fourth-order valence-corrected chi connectivity index (χ4v) is 3.24. The van der Waals surface area contributed by atoms with E-state index >= 15 is 0 Å². The van der Waals surface area contributed by atoms with E-state index in [9.17, 15) is 9.59 Å². The molecular weight excluding hydrogens is 294 g/mol. The highest BCUT2D eigenvalue weighted by molar-refractivity contribution is 5.92. The standard InChI is InChI=1S/C16H23N5O2/c1-19-10-11-21(16(19)23)14-4-8-20(9-5-14)12-15(22)18-13-2-6-17-7-3-13/h2-3,6-7,14H,4-5,8-12H2,1H3,(H,17,18,22). The van der Waals surface area contributed by atoms with Gasteiger partial charge in [-0.2, -0.15) is 0 Å². The number of nitrogens with one attached hydrogen (secondary N) is 1. The Morgan fingerprint density at radius 1 is 1.22 bits per heavy atom. The molecule has 0 spiro atoms. The lowest BCUT2D eigenvalue weighted by Crippen LogP contribution is -2.47. The summed E-state index contributed by atoms with van der Waals surface area (Å²) in [6.45, 7) is 3.72. The molecule has 7 heteroatoms. The Labute approximate surface area is 136 Å². The minimum atomic E-state index is -0.00775. The van der Waals surface area contributed by atoms with Crippen molar-refractivity contribution in [2.24, 2.45) is 0 Å². The van der Waals surface area contributed by atoms with Gasteiger partial charge in [-0.15, -0.1) is 0 Å². The quantitative estimate of drug-likeness (QED) is 0.894. The highest BCUT2D eigenvalue weighted by atomic mass is 16.2. The lowest BCUT2D eigenvalue weighted by Gasteiger charge is -2.36. The summed E-state index contributed by atoms with van der Waals surface area (Å²) >= 11 is 0. The molecule has 0 atom stereocenters. The summed E-state index contributed by atoms with van der Waals surface area (Å²) in [6, 6.07) is 4.00. The SMILES string of the molecule is CN1CCN(C2CCN(CC(=O)Nc3ccncc3)CC2)C1=O. The maximum atomic E-state index is 12.1. The summed E-state index contributed by atoms with van der Waals surface area (Å²) in [7, 11) is 1.85. The monoisotopic (exact) mass is 317 g/mol. The van der Waals surface area contributed by atoms with E-state index in [2.05, 4.69) is 15.2 Å². The molecule has 0 aliphatic carbocycles. The predicted octanol–water partition coefficient (Wildman–Crippen LogP) is 0.852. The molecule has 0 aromatic carbocycles. The lowest BCUT2D eigenvalue weighted by atomic mass is 10.0. The van der Waals surface area contributed by atoms with Crippen LogP contribution in [-0.2, 0) is 4.79 Å². The molecule has 3 rings (SSSR count). The Morgan fingerprint density at radius 3 is 2.52 bits per heavy atom. The number of carbonyl (C=O) groups excluding carboxylic acids is 2. The zero-order valence-corrected chi connectivity index (χ0v) is 13.4. The van der Waals surface area contributed by atoms with Gasteiger partial charge in [0.05, 0.1) is 6.54 Å². The van der Waals surface area contributed by atoms with Gasteiger partial charge in [-0.25, -0.2) is 4.79 Å². The largest absolute Gasteiger partial charge is 0.326 e. The van der Waals surface area contributed by atoms with Crippen LogP contribution in [0.1, 0.15) is 12.8 Å². The second-order valence-corrected chi connectivity index (χ2v) is 6.19. The van der Waals surface area contributed by atoms with E-state index in [0.717, 1.165) is 44.7 Å². The number of likely N-dealkylation sites (tertiary alicyclic amines) is 1. The first kappa shape index (κ1) is 15.7. The van der Waals surface area contributed by atoms with E-state index < -0.39 is 0 Å². The molecule has 3 amide bonds. The lowest BCUT2D eigenvalue weighted by molar-refractivity contribution is -0.117. The van der Waals surface area contributed by atoms with Crippen LogP contribution in [0.3, 0.4) is 0 Å². The molecule has 2 aliphatic heterocycles. The first-order valence-electron chi connectivity index (χ1n) is 8.07. The van der Waals surface area contributed by atoms with Crippen molar-refractivity contribution >= 4 is 17.6 Å². The Bertz CT molecular complexity index is 557. The van der Waals surface area contributed by atoms with Gasteiger partial charge in [0.2, 0.25) is 5.91 Å². The summed E-state index contributed by atoms with van der Waals surface area (Å²) in [6.07, 6.45) is 5.18. The van der Waals surface area contributed by atoms with Crippen LogP contribution in [-0.4, -0.2) is 77.4 Å². The molecule has 1 aromatic heterocycles. The van der Waals surface area contributed by atoms with Gasteiger partial charge in [0, 0.05) is 57.3 Å². The van der Waals surface area contributed by atoms with Crippen LogP contribution in [0.15, 0.2) is 24.5 Å². The van der Waals surface area contributed by atoms with Crippen molar-refractivity contribution in [1.82, 2.24) is 19.7 Å². The number of likely N-dealkylation sites (N-methyl/N-ethyl adjacent to an activating group) is 1. The van der Waals surface area contributed by atoms with E-state index in [4.69, 9.17) is 0 Å². The molecule has 0 saturated carbocycles. The number of amides is 3. The van der Waals surface area contributed by atoms with Crippen molar-refractivity contribution < 1.29 is 9.59 Å². The molecule has 0 bridgehead atoms. The normalized spacial score (nSPS) is 20.1. The Hall–Kier alpha value is -2.15. The molecule has 3 heterocycles. The topological polar surface area (TPSA) is 68.8 Å². The number of urea groups is 1. The molecule has 2 fully saturated rings. The summed E-state index contributed by atoms with van der Waals surface area (Å²) in [5.74, 6) is -0.00775. The van der Waals surface area contributed by atoms with Crippen molar-refractivity contribution in [3.8, 4) is 0 Å². The Kier molecular flexibility index (Phi) is 4.76. The third kappa shape index (κ3) is 3.79.